The molecule has 0 unspecified atom stereocenters. The van der Waals surface area contributed by atoms with Crippen LogP contribution in [0.4, 0.5) is 0 Å². The Morgan fingerprint density at radius 2 is 1.14 bits per heavy atom. The van der Waals surface area contributed by atoms with E-state index in [1.165, 1.54) is 61.6 Å². The van der Waals surface area contributed by atoms with Gasteiger partial charge in [0.05, 0.1) is 11.5 Å². The highest BCUT2D eigenvalue weighted by Crippen LogP contribution is 2.25. The van der Waals surface area contributed by atoms with Crippen LogP contribution in [-0.2, 0) is 20.7 Å². The Balaban J connectivity index is 0.00000456. The van der Waals surface area contributed by atoms with Gasteiger partial charge in [0.15, 0.2) is 0 Å². The molecule has 0 aliphatic rings. The van der Waals surface area contributed by atoms with Gasteiger partial charge in [0.2, 0.25) is 0 Å². The summed E-state index contributed by atoms with van der Waals surface area (Å²) >= 11 is 0. The molecule has 3 aromatic carbocycles. The van der Waals surface area contributed by atoms with Crippen LogP contribution in [0.25, 0.3) is 11.1 Å². The SMILES string of the molecule is Cc1ccc(S(=O)(=O)OCCCCCCCCCCCCc2ccccc2-c2ccccc2)cc1.O. The lowest BCUT2D eigenvalue weighted by Gasteiger charge is -2.10. The summed E-state index contributed by atoms with van der Waals surface area (Å²) in [5, 5.41) is 0. The molecule has 0 amide bonds. The molecule has 0 bridgehead atoms. The number of hydrogen-bond donors (Lipinski definition) is 0. The van der Waals surface area contributed by atoms with E-state index >= 15 is 0 Å². The molecule has 0 saturated carbocycles. The van der Waals surface area contributed by atoms with Crippen molar-refractivity contribution in [3.05, 3.63) is 90.0 Å². The molecule has 0 fully saturated rings. The van der Waals surface area contributed by atoms with Gasteiger partial charge in [-0.25, -0.2) is 0 Å². The van der Waals surface area contributed by atoms with Crippen LogP contribution in [0.15, 0.2) is 83.8 Å². The summed E-state index contributed by atoms with van der Waals surface area (Å²) < 4.78 is 29.5. The Kier molecular flexibility index (Phi) is 13.5. The third-order valence-corrected chi connectivity index (χ3v) is 7.82. The van der Waals surface area contributed by atoms with Gasteiger partial charge in [-0.2, -0.15) is 8.42 Å². The normalized spacial score (nSPS) is 11.2. The summed E-state index contributed by atoms with van der Waals surface area (Å²) in [5.41, 5.74) is 5.16. The van der Waals surface area contributed by atoms with Gasteiger partial charge in [0, 0.05) is 0 Å². The maximum Gasteiger partial charge on any atom is 0.296 e. The molecule has 2 N–H and O–H groups in total. The Morgan fingerprint density at radius 1 is 0.611 bits per heavy atom. The third-order valence-electron chi connectivity index (χ3n) is 6.49. The van der Waals surface area contributed by atoms with Crippen molar-refractivity contribution in [1.82, 2.24) is 0 Å². The molecule has 196 valence electrons. The maximum atomic E-state index is 12.2. The molecular weight excluding hydrogens is 468 g/mol. The molecule has 0 atom stereocenters. The third kappa shape index (κ3) is 10.3. The van der Waals surface area contributed by atoms with Crippen LogP contribution in [-0.4, -0.2) is 20.5 Å². The Morgan fingerprint density at radius 3 is 1.78 bits per heavy atom. The van der Waals surface area contributed by atoms with Crippen molar-refractivity contribution in [1.29, 1.82) is 0 Å². The van der Waals surface area contributed by atoms with Crippen molar-refractivity contribution < 1.29 is 18.1 Å². The molecule has 0 spiro atoms. The highest BCUT2D eigenvalue weighted by molar-refractivity contribution is 7.86. The predicted octanol–water partition coefficient (Wildman–Crippen LogP) is 7.69. The van der Waals surface area contributed by atoms with E-state index in [-0.39, 0.29) is 17.0 Å². The van der Waals surface area contributed by atoms with Crippen molar-refractivity contribution in [2.75, 3.05) is 6.61 Å². The fraction of sp³-hybridized carbons (Fsp3) is 0.419. The zero-order chi connectivity index (χ0) is 24.8. The van der Waals surface area contributed by atoms with Crippen LogP contribution in [0.5, 0.6) is 0 Å². The fourth-order valence-electron chi connectivity index (χ4n) is 4.41. The Hall–Kier alpha value is -2.47. The molecule has 0 radical (unpaired) electrons. The van der Waals surface area contributed by atoms with Crippen LogP contribution in [0.1, 0.15) is 75.3 Å². The van der Waals surface area contributed by atoms with Gasteiger partial charge in [-0.05, 0) is 55.0 Å². The standard InChI is InChI=1S/C31H40O3S.H2O/c1-27-22-24-30(25-23-27)35(32,33)34-26-16-9-7-5-3-2-4-6-8-11-17-29-20-14-15-21-31(29)28-18-12-10-13-19-28;/h10,12-15,18-25H,2-9,11,16-17,26H2,1H3;1H2. The van der Waals surface area contributed by atoms with Crippen molar-refractivity contribution in [2.24, 2.45) is 0 Å². The van der Waals surface area contributed by atoms with Crippen molar-refractivity contribution in [2.45, 2.75) is 82.4 Å². The van der Waals surface area contributed by atoms with E-state index in [9.17, 15) is 8.42 Å². The molecule has 0 aliphatic heterocycles. The summed E-state index contributed by atoms with van der Waals surface area (Å²) in [4.78, 5) is 0.239. The Bertz CT molecular complexity index is 1090. The van der Waals surface area contributed by atoms with E-state index in [4.69, 9.17) is 4.18 Å². The first-order chi connectivity index (χ1) is 17.1. The molecule has 36 heavy (non-hydrogen) atoms. The van der Waals surface area contributed by atoms with Crippen LogP contribution >= 0.6 is 0 Å². The van der Waals surface area contributed by atoms with E-state index in [1.54, 1.807) is 24.3 Å². The Labute approximate surface area is 218 Å². The molecular formula is C31H42O4S. The predicted molar refractivity (Wildman–Crippen MR) is 150 cm³/mol. The average molecular weight is 511 g/mol. The number of unbranched alkanes of at least 4 members (excludes halogenated alkanes) is 9. The monoisotopic (exact) mass is 510 g/mol. The first-order valence-electron chi connectivity index (χ1n) is 13.2. The summed E-state index contributed by atoms with van der Waals surface area (Å²) in [6.45, 7) is 2.20. The van der Waals surface area contributed by atoms with E-state index in [2.05, 4.69) is 54.6 Å². The van der Waals surface area contributed by atoms with E-state index < -0.39 is 10.1 Å². The van der Waals surface area contributed by atoms with Gasteiger partial charge in [0.25, 0.3) is 10.1 Å². The maximum absolute atomic E-state index is 12.2. The van der Waals surface area contributed by atoms with Gasteiger partial charge < -0.3 is 5.48 Å². The topological polar surface area (TPSA) is 74.9 Å². The number of hydrogen-bond acceptors (Lipinski definition) is 3. The minimum atomic E-state index is -3.62. The van der Waals surface area contributed by atoms with Crippen molar-refractivity contribution in [3.63, 3.8) is 0 Å². The number of aryl methyl sites for hydroxylation is 2. The molecule has 0 aliphatic carbocycles. The molecule has 0 aromatic heterocycles. The van der Waals surface area contributed by atoms with Crippen LogP contribution in [0.2, 0.25) is 0 Å². The summed E-state index contributed by atoms with van der Waals surface area (Å²) in [5.74, 6) is 0. The van der Waals surface area contributed by atoms with Crippen molar-refractivity contribution in [3.8, 4) is 11.1 Å². The fourth-order valence-corrected chi connectivity index (χ4v) is 5.35. The molecule has 4 nitrogen and oxygen atoms in total. The molecule has 3 rings (SSSR count). The lowest BCUT2D eigenvalue weighted by molar-refractivity contribution is 0.306. The second-order valence-electron chi connectivity index (χ2n) is 9.40. The summed E-state index contributed by atoms with van der Waals surface area (Å²) in [6.07, 6.45) is 13.0. The molecule has 3 aromatic rings. The molecule has 0 heterocycles. The minimum Gasteiger partial charge on any atom is -0.412 e. The van der Waals surface area contributed by atoms with E-state index in [1.807, 2.05) is 6.92 Å². The highest BCUT2D eigenvalue weighted by atomic mass is 32.2. The second-order valence-corrected chi connectivity index (χ2v) is 11.0. The first kappa shape index (κ1) is 29.8. The number of rotatable bonds is 16. The zero-order valence-corrected chi connectivity index (χ0v) is 22.4. The second kappa shape index (κ2) is 16.3. The number of benzene rings is 3. The summed E-state index contributed by atoms with van der Waals surface area (Å²) in [7, 11) is -3.62. The van der Waals surface area contributed by atoms with Crippen molar-refractivity contribution >= 4 is 10.1 Å². The van der Waals surface area contributed by atoms with Crippen LogP contribution < -0.4 is 0 Å². The molecule has 0 saturated heterocycles. The van der Waals surface area contributed by atoms with Crippen LogP contribution in [0, 0.1) is 6.92 Å². The smallest absolute Gasteiger partial charge is 0.296 e. The molecule has 5 heteroatoms. The quantitative estimate of drug-likeness (QED) is 0.146. The average Bonchev–Trinajstić information content (AvgIpc) is 2.88. The lowest BCUT2D eigenvalue weighted by atomic mass is 9.95. The van der Waals surface area contributed by atoms with Crippen LogP contribution in [0.3, 0.4) is 0 Å². The lowest BCUT2D eigenvalue weighted by Crippen LogP contribution is -2.07. The highest BCUT2D eigenvalue weighted by Gasteiger charge is 2.14. The van der Waals surface area contributed by atoms with E-state index in [0.29, 0.717) is 0 Å². The largest absolute Gasteiger partial charge is 0.412 e. The van der Waals surface area contributed by atoms with Gasteiger partial charge in [-0.15, -0.1) is 0 Å². The first-order valence-corrected chi connectivity index (χ1v) is 14.6. The van der Waals surface area contributed by atoms with E-state index in [0.717, 1.165) is 31.2 Å². The zero-order valence-electron chi connectivity index (χ0n) is 21.6. The minimum absolute atomic E-state index is 0. The van der Waals surface area contributed by atoms with Gasteiger partial charge >= 0.3 is 0 Å². The van der Waals surface area contributed by atoms with Gasteiger partial charge in [0.1, 0.15) is 0 Å². The summed E-state index contributed by atoms with van der Waals surface area (Å²) in [6, 6.07) is 26.3. The van der Waals surface area contributed by atoms with Gasteiger partial charge in [-0.1, -0.05) is 124 Å². The van der Waals surface area contributed by atoms with Gasteiger partial charge in [-0.3, -0.25) is 4.18 Å².